The Morgan fingerprint density at radius 2 is 1.87 bits per heavy atom. The van der Waals surface area contributed by atoms with Crippen LogP contribution in [-0.2, 0) is 19.6 Å². The first-order valence-electron chi connectivity index (χ1n) is 7.15. The normalized spacial score (nSPS) is 15.1. The van der Waals surface area contributed by atoms with Crippen LogP contribution in [0.25, 0.3) is 0 Å². The molecule has 1 aromatic carbocycles. The monoisotopic (exact) mass is 341 g/mol. The summed E-state index contributed by atoms with van der Waals surface area (Å²) in [7, 11) is -3.57. The summed E-state index contributed by atoms with van der Waals surface area (Å²) < 4.78 is 26.8. The number of rotatable bonds is 7. The first-order chi connectivity index (χ1) is 10.9. The van der Waals surface area contributed by atoms with Gasteiger partial charge in [0, 0.05) is 26.1 Å². The highest BCUT2D eigenvalue weighted by atomic mass is 32.2. The average Bonchev–Trinajstić information content (AvgIpc) is 2.51. The van der Waals surface area contributed by atoms with E-state index in [1.165, 1.54) is 17.0 Å². The van der Waals surface area contributed by atoms with Gasteiger partial charge >= 0.3 is 0 Å². The Morgan fingerprint density at radius 1 is 1.22 bits per heavy atom. The Kier molecular flexibility index (Phi) is 5.69. The summed E-state index contributed by atoms with van der Waals surface area (Å²) in [4.78, 5) is 24.3. The molecule has 0 aliphatic carbocycles. The molecule has 1 aliphatic rings. The van der Waals surface area contributed by atoms with Crippen molar-refractivity contribution in [1.29, 1.82) is 0 Å². The minimum Gasteiger partial charge on any atom is -0.387 e. The zero-order valence-corrected chi connectivity index (χ0v) is 13.3. The predicted molar refractivity (Wildman–Crippen MR) is 81.8 cm³/mol. The maximum Gasteiger partial charge on any atom is 0.245 e. The van der Waals surface area contributed by atoms with Crippen LogP contribution in [0.3, 0.4) is 0 Å². The molecule has 1 saturated heterocycles. The van der Waals surface area contributed by atoms with E-state index in [0.29, 0.717) is 13.1 Å². The van der Waals surface area contributed by atoms with Gasteiger partial charge in [0.15, 0.2) is 0 Å². The zero-order chi connectivity index (χ0) is 16.9. The molecule has 0 atom stereocenters. The molecule has 2 amide bonds. The van der Waals surface area contributed by atoms with Crippen molar-refractivity contribution in [2.75, 3.05) is 26.2 Å². The highest BCUT2D eigenvalue weighted by Gasteiger charge is 2.33. The molecule has 1 fully saturated rings. The second kappa shape index (κ2) is 7.53. The van der Waals surface area contributed by atoms with Crippen LogP contribution >= 0.6 is 0 Å². The zero-order valence-electron chi connectivity index (χ0n) is 12.4. The van der Waals surface area contributed by atoms with Gasteiger partial charge in [-0.15, -0.1) is 0 Å². The van der Waals surface area contributed by atoms with Crippen LogP contribution in [0.4, 0.5) is 0 Å². The summed E-state index contributed by atoms with van der Waals surface area (Å²) in [5.41, 5.74) is 0. The summed E-state index contributed by atoms with van der Waals surface area (Å²) in [6.07, 6.45) is 0.115. The van der Waals surface area contributed by atoms with E-state index in [4.69, 9.17) is 5.11 Å². The third kappa shape index (κ3) is 4.75. The molecule has 1 aliphatic heterocycles. The van der Waals surface area contributed by atoms with Crippen molar-refractivity contribution in [2.24, 2.45) is 0 Å². The molecular weight excluding hydrogens is 322 g/mol. The molecule has 0 spiro atoms. The molecule has 0 aromatic heterocycles. The Morgan fingerprint density at radius 3 is 2.48 bits per heavy atom. The van der Waals surface area contributed by atoms with E-state index in [-0.39, 0.29) is 29.8 Å². The van der Waals surface area contributed by atoms with Crippen molar-refractivity contribution in [3.63, 3.8) is 0 Å². The lowest BCUT2D eigenvalue weighted by atomic mass is 10.1. The van der Waals surface area contributed by atoms with Crippen LogP contribution in [0.2, 0.25) is 0 Å². The maximum absolute atomic E-state index is 12.1. The van der Waals surface area contributed by atoms with Crippen molar-refractivity contribution in [1.82, 2.24) is 14.9 Å². The molecule has 8 nitrogen and oxygen atoms in total. The van der Waals surface area contributed by atoms with Crippen LogP contribution in [0.15, 0.2) is 35.2 Å². The number of carbonyl (C=O) groups excluding carboxylic acids is 2. The number of sulfonamides is 1. The van der Waals surface area contributed by atoms with E-state index in [1.54, 1.807) is 18.2 Å². The molecule has 0 unspecified atom stereocenters. The van der Waals surface area contributed by atoms with E-state index < -0.39 is 22.5 Å². The lowest BCUT2D eigenvalue weighted by Crippen LogP contribution is -2.61. The van der Waals surface area contributed by atoms with E-state index in [0.717, 1.165) is 0 Å². The SMILES string of the molecule is O=C(CO)NCCC(=O)N1CC(NS(=O)(=O)c2ccccc2)C1. The summed E-state index contributed by atoms with van der Waals surface area (Å²) >= 11 is 0. The number of amides is 2. The van der Waals surface area contributed by atoms with E-state index in [2.05, 4.69) is 10.0 Å². The van der Waals surface area contributed by atoms with Gasteiger partial charge in [-0.05, 0) is 12.1 Å². The van der Waals surface area contributed by atoms with Crippen molar-refractivity contribution < 1.29 is 23.1 Å². The molecule has 1 heterocycles. The number of aliphatic hydroxyl groups is 1. The van der Waals surface area contributed by atoms with Gasteiger partial charge in [0.25, 0.3) is 0 Å². The van der Waals surface area contributed by atoms with E-state index >= 15 is 0 Å². The molecule has 0 radical (unpaired) electrons. The third-order valence-electron chi connectivity index (χ3n) is 3.41. The summed E-state index contributed by atoms with van der Waals surface area (Å²) in [6, 6.07) is 7.73. The molecule has 23 heavy (non-hydrogen) atoms. The van der Waals surface area contributed by atoms with Gasteiger partial charge in [0.1, 0.15) is 6.61 Å². The second-order valence-corrected chi connectivity index (χ2v) is 6.90. The Hall–Kier alpha value is -1.97. The van der Waals surface area contributed by atoms with Crippen LogP contribution in [0.1, 0.15) is 6.42 Å². The first-order valence-corrected chi connectivity index (χ1v) is 8.63. The highest BCUT2D eigenvalue weighted by Crippen LogP contribution is 2.14. The minimum atomic E-state index is -3.57. The number of aliphatic hydroxyl groups excluding tert-OH is 1. The number of hydrogen-bond acceptors (Lipinski definition) is 5. The summed E-state index contributed by atoms with van der Waals surface area (Å²) in [5, 5.41) is 10.9. The number of hydrogen-bond donors (Lipinski definition) is 3. The standard InChI is InChI=1S/C14H19N3O5S/c18-10-13(19)15-7-6-14(20)17-8-11(9-17)16-23(21,22)12-4-2-1-3-5-12/h1-5,11,16,18H,6-10H2,(H,15,19). The van der Waals surface area contributed by atoms with Crippen LogP contribution in [0, 0.1) is 0 Å². The van der Waals surface area contributed by atoms with Gasteiger partial charge in [-0.1, -0.05) is 18.2 Å². The summed E-state index contributed by atoms with van der Waals surface area (Å²) in [6.45, 7) is 0.147. The lowest BCUT2D eigenvalue weighted by Gasteiger charge is -2.39. The molecular formula is C14H19N3O5S. The largest absolute Gasteiger partial charge is 0.387 e. The summed E-state index contributed by atoms with van der Waals surface area (Å²) in [5.74, 6) is -0.701. The third-order valence-corrected chi connectivity index (χ3v) is 4.95. The molecule has 126 valence electrons. The van der Waals surface area contributed by atoms with Crippen molar-refractivity contribution >= 4 is 21.8 Å². The van der Waals surface area contributed by atoms with Gasteiger partial charge in [-0.2, -0.15) is 0 Å². The average molecular weight is 341 g/mol. The number of nitrogens with zero attached hydrogens (tertiary/aromatic N) is 1. The van der Waals surface area contributed by atoms with Crippen LogP contribution in [-0.4, -0.2) is 62.5 Å². The van der Waals surface area contributed by atoms with Gasteiger partial charge in [-0.25, -0.2) is 13.1 Å². The Balaban J connectivity index is 1.74. The van der Waals surface area contributed by atoms with Crippen LogP contribution in [0.5, 0.6) is 0 Å². The van der Waals surface area contributed by atoms with Crippen molar-refractivity contribution in [3.05, 3.63) is 30.3 Å². The first kappa shape index (κ1) is 17.4. The smallest absolute Gasteiger partial charge is 0.245 e. The number of carbonyl (C=O) groups is 2. The number of nitrogens with one attached hydrogen (secondary N) is 2. The van der Waals surface area contributed by atoms with Crippen LogP contribution < -0.4 is 10.0 Å². The Labute approximate surface area is 134 Å². The van der Waals surface area contributed by atoms with Gasteiger partial charge in [0.2, 0.25) is 21.8 Å². The van der Waals surface area contributed by atoms with Crippen molar-refractivity contribution in [3.8, 4) is 0 Å². The predicted octanol–water partition coefficient (Wildman–Crippen LogP) is -1.33. The fourth-order valence-electron chi connectivity index (χ4n) is 2.17. The van der Waals surface area contributed by atoms with Gasteiger partial charge < -0.3 is 15.3 Å². The fraction of sp³-hybridized carbons (Fsp3) is 0.429. The number of benzene rings is 1. The van der Waals surface area contributed by atoms with Crippen molar-refractivity contribution in [2.45, 2.75) is 17.4 Å². The topological polar surface area (TPSA) is 116 Å². The second-order valence-electron chi connectivity index (χ2n) is 5.19. The molecule has 0 saturated carbocycles. The number of likely N-dealkylation sites (tertiary alicyclic amines) is 1. The lowest BCUT2D eigenvalue weighted by molar-refractivity contribution is -0.135. The Bertz CT molecular complexity index is 656. The molecule has 0 bridgehead atoms. The van der Waals surface area contributed by atoms with E-state index in [9.17, 15) is 18.0 Å². The highest BCUT2D eigenvalue weighted by molar-refractivity contribution is 7.89. The molecule has 1 aromatic rings. The van der Waals surface area contributed by atoms with E-state index in [1.807, 2.05) is 0 Å². The minimum absolute atomic E-state index is 0.115. The molecule has 3 N–H and O–H groups in total. The maximum atomic E-state index is 12.1. The molecule has 9 heteroatoms. The fourth-order valence-corrected chi connectivity index (χ4v) is 3.41. The molecule has 2 rings (SSSR count). The van der Waals surface area contributed by atoms with Gasteiger partial charge in [0.05, 0.1) is 10.9 Å². The quantitative estimate of drug-likeness (QED) is 0.568. The van der Waals surface area contributed by atoms with Gasteiger partial charge in [-0.3, -0.25) is 9.59 Å².